The molecule has 2 unspecified atom stereocenters. The third-order valence-corrected chi connectivity index (χ3v) is 5.33. The average molecular weight is 295 g/mol. The first kappa shape index (κ1) is 17.5. The van der Waals surface area contributed by atoms with E-state index in [1.165, 1.54) is 24.3 Å². The van der Waals surface area contributed by atoms with Crippen molar-refractivity contribution in [3.63, 3.8) is 0 Å². The number of nitrogens with one attached hydrogen (secondary N) is 1. The van der Waals surface area contributed by atoms with Crippen LogP contribution in [0.4, 0.5) is 0 Å². The summed E-state index contributed by atoms with van der Waals surface area (Å²) in [4.78, 5) is 2.50. The molecule has 0 bridgehead atoms. The van der Waals surface area contributed by atoms with Crippen molar-refractivity contribution in [1.29, 1.82) is 0 Å². The van der Waals surface area contributed by atoms with Crippen LogP contribution in [-0.2, 0) is 0 Å². The first-order chi connectivity index (χ1) is 9.76. The summed E-state index contributed by atoms with van der Waals surface area (Å²) in [5, 5.41) is 4.14. The van der Waals surface area contributed by atoms with E-state index < -0.39 is 0 Å². The molecule has 2 nitrogen and oxygen atoms in total. The predicted molar refractivity (Wildman–Crippen MR) is 92.6 cm³/mol. The van der Waals surface area contributed by atoms with Crippen molar-refractivity contribution in [1.82, 2.24) is 10.2 Å². The predicted octanol–water partition coefficient (Wildman–Crippen LogP) is 3.80. The maximum atomic E-state index is 3.50. The van der Waals surface area contributed by atoms with Crippen LogP contribution in [0.25, 0.3) is 0 Å². The minimum absolute atomic E-state index is 0.447. The van der Waals surface area contributed by atoms with Crippen LogP contribution in [0.2, 0.25) is 0 Å². The SMILES string of the molecule is CCC(SCCN(CC)CC)C(NC)c1ccccc1. The highest BCUT2D eigenvalue weighted by Crippen LogP contribution is 2.28. The molecule has 0 aliphatic rings. The topological polar surface area (TPSA) is 15.3 Å². The van der Waals surface area contributed by atoms with Gasteiger partial charge in [0.1, 0.15) is 0 Å². The Morgan fingerprint density at radius 3 is 2.25 bits per heavy atom. The average Bonchev–Trinajstić information content (AvgIpc) is 2.51. The molecule has 3 heteroatoms. The van der Waals surface area contributed by atoms with Gasteiger partial charge in [0.05, 0.1) is 0 Å². The van der Waals surface area contributed by atoms with E-state index in [4.69, 9.17) is 0 Å². The van der Waals surface area contributed by atoms with Gasteiger partial charge in [0.15, 0.2) is 0 Å². The van der Waals surface area contributed by atoms with Crippen LogP contribution in [0.1, 0.15) is 38.8 Å². The van der Waals surface area contributed by atoms with Gasteiger partial charge in [0.25, 0.3) is 0 Å². The Labute approximate surface area is 129 Å². The lowest BCUT2D eigenvalue weighted by atomic mass is 10.0. The minimum atomic E-state index is 0.447. The summed E-state index contributed by atoms with van der Waals surface area (Å²) in [5.74, 6) is 1.21. The molecule has 0 amide bonds. The molecule has 0 saturated carbocycles. The molecule has 0 aromatic heterocycles. The van der Waals surface area contributed by atoms with Gasteiger partial charge in [-0.2, -0.15) is 11.8 Å². The summed E-state index contributed by atoms with van der Waals surface area (Å²) in [6.45, 7) is 10.3. The van der Waals surface area contributed by atoms with E-state index in [-0.39, 0.29) is 0 Å². The zero-order chi connectivity index (χ0) is 14.8. The molecule has 1 rings (SSSR count). The second kappa shape index (κ2) is 10.3. The Kier molecular flexibility index (Phi) is 8.99. The fourth-order valence-corrected chi connectivity index (χ4v) is 3.94. The maximum Gasteiger partial charge on any atom is 0.0438 e. The monoisotopic (exact) mass is 294 g/mol. The molecule has 0 saturated heterocycles. The highest BCUT2D eigenvalue weighted by atomic mass is 32.2. The maximum absolute atomic E-state index is 3.50. The molecular formula is C17H30N2S. The van der Waals surface area contributed by atoms with Gasteiger partial charge >= 0.3 is 0 Å². The molecule has 0 aliphatic heterocycles. The van der Waals surface area contributed by atoms with Crippen LogP contribution in [0.15, 0.2) is 30.3 Å². The molecule has 0 aliphatic carbocycles. The van der Waals surface area contributed by atoms with Gasteiger partial charge in [0, 0.05) is 23.6 Å². The van der Waals surface area contributed by atoms with E-state index >= 15 is 0 Å². The van der Waals surface area contributed by atoms with Crippen LogP contribution in [-0.4, -0.2) is 42.6 Å². The molecule has 20 heavy (non-hydrogen) atoms. The second-order valence-corrected chi connectivity index (χ2v) is 6.37. The smallest absolute Gasteiger partial charge is 0.0438 e. The molecule has 0 radical (unpaired) electrons. The number of hydrogen-bond acceptors (Lipinski definition) is 3. The van der Waals surface area contributed by atoms with Crippen molar-refractivity contribution in [2.75, 3.05) is 32.4 Å². The van der Waals surface area contributed by atoms with Crippen LogP contribution in [0, 0.1) is 0 Å². The van der Waals surface area contributed by atoms with Gasteiger partial charge in [-0.05, 0) is 32.1 Å². The van der Waals surface area contributed by atoms with Crippen molar-refractivity contribution in [3.05, 3.63) is 35.9 Å². The summed E-state index contributed by atoms with van der Waals surface area (Å²) in [7, 11) is 2.07. The van der Waals surface area contributed by atoms with E-state index in [0.29, 0.717) is 11.3 Å². The van der Waals surface area contributed by atoms with Gasteiger partial charge < -0.3 is 10.2 Å². The van der Waals surface area contributed by atoms with Gasteiger partial charge in [-0.1, -0.05) is 51.1 Å². The van der Waals surface area contributed by atoms with Crippen LogP contribution >= 0.6 is 11.8 Å². The fraction of sp³-hybridized carbons (Fsp3) is 0.647. The van der Waals surface area contributed by atoms with Crippen LogP contribution in [0.3, 0.4) is 0 Å². The highest BCUT2D eigenvalue weighted by molar-refractivity contribution is 7.99. The van der Waals surface area contributed by atoms with E-state index in [2.05, 4.69) is 80.1 Å². The third kappa shape index (κ3) is 5.47. The Bertz CT molecular complexity index is 338. The zero-order valence-electron chi connectivity index (χ0n) is 13.4. The number of nitrogens with zero attached hydrogens (tertiary/aromatic N) is 1. The Morgan fingerprint density at radius 2 is 1.75 bits per heavy atom. The lowest BCUT2D eigenvalue weighted by molar-refractivity contribution is 0.323. The first-order valence-electron chi connectivity index (χ1n) is 7.82. The zero-order valence-corrected chi connectivity index (χ0v) is 14.2. The van der Waals surface area contributed by atoms with Gasteiger partial charge in [-0.3, -0.25) is 0 Å². The lowest BCUT2D eigenvalue weighted by Gasteiger charge is -2.27. The minimum Gasteiger partial charge on any atom is -0.312 e. The fourth-order valence-electron chi connectivity index (χ4n) is 2.55. The number of hydrogen-bond donors (Lipinski definition) is 1. The normalized spacial score (nSPS) is 14.4. The molecule has 1 aromatic rings. The van der Waals surface area contributed by atoms with E-state index in [9.17, 15) is 0 Å². The summed E-state index contributed by atoms with van der Waals surface area (Å²) >= 11 is 2.10. The lowest BCUT2D eigenvalue weighted by Crippen LogP contribution is -2.29. The number of thioether (sulfide) groups is 1. The number of benzene rings is 1. The van der Waals surface area contributed by atoms with E-state index in [1.807, 2.05) is 0 Å². The summed E-state index contributed by atoms with van der Waals surface area (Å²) < 4.78 is 0. The standard InChI is InChI=1S/C17H30N2S/c1-5-16(20-14-13-19(6-2)7-3)17(18-4)15-11-9-8-10-12-15/h8-12,16-18H,5-7,13-14H2,1-4H3. The molecule has 0 spiro atoms. The molecule has 1 aromatic carbocycles. The van der Waals surface area contributed by atoms with Crippen molar-refractivity contribution in [2.24, 2.45) is 0 Å². The molecule has 114 valence electrons. The Morgan fingerprint density at radius 1 is 1.10 bits per heavy atom. The highest BCUT2D eigenvalue weighted by Gasteiger charge is 2.20. The van der Waals surface area contributed by atoms with Crippen LogP contribution < -0.4 is 5.32 Å². The van der Waals surface area contributed by atoms with Gasteiger partial charge in [0.2, 0.25) is 0 Å². The molecule has 0 fully saturated rings. The Balaban J connectivity index is 2.55. The summed E-state index contributed by atoms with van der Waals surface area (Å²) in [6, 6.07) is 11.3. The largest absolute Gasteiger partial charge is 0.312 e. The quantitative estimate of drug-likeness (QED) is 0.706. The Hall–Kier alpha value is -0.510. The van der Waals surface area contributed by atoms with E-state index in [0.717, 1.165) is 13.1 Å². The van der Waals surface area contributed by atoms with Crippen molar-refractivity contribution in [3.8, 4) is 0 Å². The van der Waals surface area contributed by atoms with Crippen molar-refractivity contribution in [2.45, 2.75) is 38.5 Å². The van der Waals surface area contributed by atoms with Gasteiger partial charge in [-0.15, -0.1) is 0 Å². The van der Waals surface area contributed by atoms with Crippen molar-refractivity contribution >= 4 is 11.8 Å². The van der Waals surface area contributed by atoms with Gasteiger partial charge in [-0.25, -0.2) is 0 Å². The molecule has 2 atom stereocenters. The van der Waals surface area contributed by atoms with Crippen LogP contribution in [0.5, 0.6) is 0 Å². The summed E-state index contributed by atoms with van der Waals surface area (Å²) in [6.07, 6.45) is 1.20. The summed E-state index contributed by atoms with van der Waals surface area (Å²) in [5.41, 5.74) is 1.40. The van der Waals surface area contributed by atoms with Crippen molar-refractivity contribution < 1.29 is 0 Å². The molecule has 0 heterocycles. The van der Waals surface area contributed by atoms with E-state index in [1.54, 1.807) is 0 Å². The second-order valence-electron chi connectivity index (χ2n) is 5.02. The molecular weight excluding hydrogens is 264 g/mol. The molecule has 1 N–H and O–H groups in total. The first-order valence-corrected chi connectivity index (χ1v) is 8.87. The third-order valence-electron chi connectivity index (χ3n) is 3.88. The number of rotatable bonds is 10.